The van der Waals surface area contributed by atoms with Gasteiger partial charge in [0.1, 0.15) is 11.5 Å². The third kappa shape index (κ3) is 4.95. The predicted octanol–water partition coefficient (Wildman–Crippen LogP) is 2.48. The summed E-state index contributed by atoms with van der Waals surface area (Å²) in [5.74, 6) is 1.70. The Kier molecular flexibility index (Phi) is 6.76. The molecule has 0 atom stereocenters. The molecule has 28 heavy (non-hydrogen) atoms. The van der Waals surface area contributed by atoms with Crippen LogP contribution in [0.2, 0.25) is 0 Å². The Hall–Kier alpha value is -2.73. The molecule has 2 aromatic carbocycles. The van der Waals surface area contributed by atoms with Gasteiger partial charge >= 0.3 is 0 Å². The lowest BCUT2D eigenvalue weighted by atomic mass is 10.1. The smallest absolute Gasteiger partial charge is 0.236 e. The van der Waals surface area contributed by atoms with E-state index in [0.717, 1.165) is 43.2 Å². The van der Waals surface area contributed by atoms with Crippen molar-refractivity contribution in [3.05, 3.63) is 54.1 Å². The van der Waals surface area contributed by atoms with Gasteiger partial charge in [0.25, 0.3) is 0 Å². The maximum Gasteiger partial charge on any atom is 0.236 e. The first-order valence-corrected chi connectivity index (χ1v) is 9.58. The molecule has 1 aliphatic heterocycles. The molecule has 6 heteroatoms. The number of amides is 1. The number of methoxy groups -OCH3 is 2. The number of benzene rings is 2. The van der Waals surface area contributed by atoms with Crippen molar-refractivity contribution in [1.82, 2.24) is 9.80 Å². The summed E-state index contributed by atoms with van der Waals surface area (Å²) in [6.07, 6.45) is 0. The van der Waals surface area contributed by atoms with E-state index in [1.807, 2.05) is 41.1 Å². The van der Waals surface area contributed by atoms with Crippen molar-refractivity contribution < 1.29 is 14.3 Å². The highest BCUT2D eigenvalue weighted by atomic mass is 16.5. The molecule has 0 aromatic heterocycles. The Balaban J connectivity index is 1.51. The number of hydrogen-bond acceptors (Lipinski definition) is 5. The zero-order chi connectivity index (χ0) is 19.9. The number of para-hydroxylation sites is 1. The fourth-order valence-electron chi connectivity index (χ4n) is 3.51. The summed E-state index contributed by atoms with van der Waals surface area (Å²) in [7, 11) is 5.24. The van der Waals surface area contributed by atoms with Gasteiger partial charge in [-0.3, -0.25) is 9.69 Å². The van der Waals surface area contributed by atoms with Gasteiger partial charge in [-0.05, 0) is 25.2 Å². The normalized spacial score (nSPS) is 14.3. The highest BCUT2D eigenvalue weighted by molar-refractivity contribution is 5.78. The van der Waals surface area contributed by atoms with Crippen LogP contribution in [0.5, 0.6) is 11.5 Å². The van der Waals surface area contributed by atoms with E-state index in [0.29, 0.717) is 13.1 Å². The SMILES string of the molecule is COc1ccc(CN(C)CC(=O)N2CCN(c3ccccc3)CC2)c(OC)c1. The highest BCUT2D eigenvalue weighted by Crippen LogP contribution is 2.25. The Morgan fingerprint density at radius 3 is 2.36 bits per heavy atom. The van der Waals surface area contributed by atoms with E-state index < -0.39 is 0 Å². The van der Waals surface area contributed by atoms with Crippen LogP contribution in [0.1, 0.15) is 5.56 Å². The molecule has 0 aliphatic carbocycles. The van der Waals surface area contributed by atoms with Crippen LogP contribution in [0.4, 0.5) is 5.69 Å². The molecule has 150 valence electrons. The van der Waals surface area contributed by atoms with Gasteiger partial charge in [-0.2, -0.15) is 0 Å². The minimum atomic E-state index is 0.169. The van der Waals surface area contributed by atoms with Crippen molar-refractivity contribution in [1.29, 1.82) is 0 Å². The van der Waals surface area contributed by atoms with Crippen LogP contribution in [0.15, 0.2) is 48.5 Å². The first-order valence-electron chi connectivity index (χ1n) is 9.58. The predicted molar refractivity (Wildman–Crippen MR) is 111 cm³/mol. The van der Waals surface area contributed by atoms with Crippen LogP contribution >= 0.6 is 0 Å². The van der Waals surface area contributed by atoms with Gasteiger partial charge in [-0.1, -0.05) is 24.3 Å². The van der Waals surface area contributed by atoms with E-state index in [2.05, 4.69) is 29.2 Å². The summed E-state index contributed by atoms with van der Waals surface area (Å²) < 4.78 is 10.7. The van der Waals surface area contributed by atoms with E-state index in [1.165, 1.54) is 5.69 Å². The average molecular weight is 383 g/mol. The van der Waals surface area contributed by atoms with E-state index in [1.54, 1.807) is 14.2 Å². The Bertz CT molecular complexity index is 774. The van der Waals surface area contributed by atoms with Gasteiger partial charge in [0.2, 0.25) is 5.91 Å². The van der Waals surface area contributed by atoms with Gasteiger partial charge in [-0.25, -0.2) is 0 Å². The van der Waals surface area contributed by atoms with Crippen molar-refractivity contribution in [3.63, 3.8) is 0 Å². The molecule has 0 spiro atoms. The molecular formula is C22H29N3O3. The zero-order valence-electron chi connectivity index (χ0n) is 16.9. The number of carbonyl (C=O) groups excluding carboxylic acids is 1. The lowest BCUT2D eigenvalue weighted by Crippen LogP contribution is -2.51. The van der Waals surface area contributed by atoms with Crippen LogP contribution < -0.4 is 14.4 Å². The second kappa shape index (κ2) is 9.46. The molecule has 6 nitrogen and oxygen atoms in total. The maximum atomic E-state index is 12.7. The number of anilines is 1. The van der Waals surface area contributed by atoms with E-state index in [9.17, 15) is 4.79 Å². The van der Waals surface area contributed by atoms with Gasteiger partial charge in [0, 0.05) is 50.0 Å². The molecule has 3 rings (SSSR count). The molecule has 0 saturated carbocycles. The second-order valence-electron chi connectivity index (χ2n) is 7.05. The fraction of sp³-hybridized carbons (Fsp3) is 0.409. The third-order valence-corrected chi connectivity index (χ3v) is 5.09. The first-order chi connectivity index (χ1) is 13.6. The molecular weight excluding hydrogens is 354 g/mol. The van der Waals surface area contributed by atoms with Crippen LogP contribution in [0.25, 0.3) is 0 Å². The van der Waals surface area contributed by atoms with Crippen LogP contribution in [-0.2, 0) is 11.3 Å². The van der Waals surface area contributed by atoms with Gasteiger partial charge < -0.3 is 19.3 Å². The molecule has 0 unspecified atom stereocenters. The number of rotatable bonds is 7. The van der Waals surface area contributed by atoms with Gasteiger partial charge in [0.05, 0.1) is 20.8 Å². The second-order valence-corrected chi connectivity index (χ2v) is 7.05. The summed E-state index contributed by atoms with van der Waals surface area (Å²) in [6.45, 7) is 4.28. The molecule has 1 heterocycles. The number of nitrogens with zero attached hydrogens (tertiary/aromatic N) is 3. The molecule has 1 aliphatic rings. The summed E-state index contributed by atoms with van der Waals surface area (Å²) in [4.78, 5) is 19.0. The van der Waals surface area contributed by atoms with Crippen molar-refractivity contribution in [2.45, 2.75) is 6.54 Å². The summed E-state index contributed by atoms with van der Waals surface area (Å²) >= 11 is 0. The zero-order valence-corrected chi connectivity index (χ0v) is 16.9. The standard InChI is InChI=1S/C22H29N3O3/c1-23(16-18-9-10-20(27-2)15-21(18)28-3)17-22(26)25-13-11-24(12-14-25)19-7-5-4-6-8-19/h4-10,15H,11-14,16-17H2,1-3H3. The lowest BCUT2D eigenvalue weighted by molar-refractivity contribution is -0.132. The summed E-state index contributed by atoms with van der Waals surface area (Å²) in [5, 5.41) is 0. The van der Waals surface area contributed by atoms with Crippen LogP contribution in [0, 0.1) is 0 Å². The van der Waals surface area contributed by atoms with Crippen molar-refractivity contribution in [2.24, 2.45) is 0 Å². The Morgan fingerprint density at radius 2 is 1.71 bits per heavy atom. The van der Waals surface area contributed by atoms with Crippen LogP contribution in [0.3, 0.4) is 0 Å². The maximum absolute atomic E-state index is 12.7. The van der Waals surface area contributed by atoms with Crippen molar-refractivity contribution in [3.8, 4) is 11.5 Å². The lowest BCUT2D eigenvalue weighted by Gasteiger charge is -2.36. The van der Waals surface area contributed by atoms with Crippen molar-refractivity contribution >= 4 is 11.6 Å². The summed E-state index contributed by atoms with van der Waals surface area (Å²) in [5.41, 5.74) is 2.26. The summed E-state index contributed by atoms with van der Waals surface area (Å²) in [6, 6.07) is 16.1. The number of likely N-dealkylation sites (N-methyl/N-ethyl adjacent to an activating group) is 1. The molecule has 2 aromatic rings. The molecule has 1 fully saturated rings. The first kappa shape index (κ1) is 20.0. The van der Waals surface area contributed by atoms with Gasteiger partial charge in [0.15, 0.2) is 0 Å². The number of carbonyl (C=O) groups is 1. The molecule has 0 N–H and O–H groups in total. The molecule has 1 amide bonds. The van der Waals surface area contributed by atoms with E-state index in [4.69, 9.17) is 9.47 Å². The Morgan fingerprint density at radius 1 is 1.00 bits per heavy atom. The number of piperazine rings is 1. The van der Waals surface area contributed by atoms with E-state index >= 15 is 0 Å². The topological polar surface area (TPSA) is 45.2 Å². The third-order valence-electron chi connectivity index (χ3n) is 5.09. The van der Waals surface area contributed by atoms with E-state index in [-0.39, 0.29) is 5.91 Å². The Labute approximate surface area is 167 Å². The number of hydrogen-bond donors (Lipinski definition) is 0. The van der Waals surface area contributed by atoms with Crippen LogP contribution in [-0.4, -0.2) is 69.7 Å². The largest absolute Gasteiger partial charge is 0.497 e. The minimum absolute atomic E-state index is 0.169. The minimum Gasteiger partial charge on any atom is -0.497 e. The number of ether oxygens (including phenoxy) is 2. The van der Waals surface area contributed by atoms with Crippen molar-refractivity contribution in [2.75, 3.05) is 58.9 Å². The quantitative estimate of drug-likeness (QED) is 0.735. The molecule has 0 radical (unpaired) electrons. The highest BCUT2D eigenvalue weighted by Gasteiger charge is 2.22. The fourth-order valence-corrected chi connectivity index (χ4v) is 3.51. The average Bonchev–Trinajstić information content (AvgIpc) is 2.74. The monoisotopic (exact) mass is 383 g/mol. The molecule has 0 bridgehead atoms. The molecule has 1 saturated heterocycles. The van der Waals surface area contributed by atoms with Gasteiger partial charge in [-0.15, -0.1) is 0 Å².